The maximum absolute atomic E-state index is 5.85. The molecule has 1 heterocycles. The fraction of sp³-hybridized carbons (Fsp3) is 0.684. The Balaban J connectivity index is 0.00000242. The van der Waals surface area contributed by atoms with E-state index in [-0.39, 0.29) is 24.0 Å². The van der Waals surface area contributed by atoms with Crippen molar-refractivity contribution in [2.75, 3.05) is 33.4 Å². The maximum atomic E-state index is 5.85. The van der Waals surface area contributed by atoms with Gasteiger partial charge in [-0.2, -0.15) is 0 Å². The molecule has 0 amide bonds. The van der Waals surface area contributed by atoms with Crippen molar-refractivity contribution in [2.45, 2.75) is 52.0 Å². The van der Waals surface area contributed by atoms with Crippen LogP contribution < -0.4 is 24.0 Å². The zero-order chi connectivity index (χ0) is 15.0. The minimum Gasteiger partial charge on any atom is -1.00 e. The Morgan fingerprint density at radius 3 is 2.50 bits per heavy atom. The molecule has 1 aromatic carbocycles. The minimum atomic E-state index is 0. The molecule has 1 unspecified atom stereocenters. The highest BCUT2D eigenvalue weighted by Crippen LogP contribution is 2.23. The quantitative estimate of drug-likeness (QED) is 0.333. The normalized spacial score (nSPS) is 20.3. The van der Waals surface area contributed by atoms with Gasteiger partial charge >= 0.3 is 0 Å². The van der Waals surface area contributed by atoms with Crippen molar-refractivity contribution in [3.8, 4) is 0 Å². The van der Waals surface area contributed by atoms with E-state index < -0.39 is 0 Å². The van der Waals surface area contributed by atoms with Crippen molar-refractivity contribution in [2.24, 2.45) is 0 Å². The lowest BCUT2D eigenvalue weighted by atomic mass is 9.98. The second-order valence-corrected chi connectivity index (χ2v) is 6.77. The average Bonchev–Trinajstić information content (AvgIpc) is 2.50. The molecule has 0 fully saturated rings. The highest BCUT2D eigenvalue weighted by atomic mass is 127. The van der Waals surface area contributed by atoms with Crippen molar-refractivity contribution >= 4 is 0 Å². The zero-order valence-corrected chi connectivity index (χ0v) is 16.5. The van der Waals surface area contributed by atoms with E-state index in [1.54, 1.807) is 5.56 Å². The molecule has 0 N–H and O–H groups in total. The lowest BCUT2D eigenvalue weighted by molar-refractivity contribution is -0.924. The first-order valence-corrected chi connectivity index (χ1v) is 8.71. The maximum Gasteiger partial charge on any atom is 0.105 e. The number of nitrogens with zero attached hydrogens (tertiary/aromatic N) is 1. The number of fused-ring (bicyclic) bond motifs is 1. The number of hydrogen-bond acceptors (Lipinski definition) is 1. The van der Waals surface area contributed by atoms with Crippen LogP contribution in [0.25, 0.3) is 0 Å². The van der Waals surface area contributed by atoms with Crippen molar-refractivity contribution in [1.82, 2.24) is 0 Å². The van der Waals surface area contributed by atoms with Gasteiger partial charge in [0.05, 0.1) is 20.2 Å². The van der Waals surface area contributed by atoms with Crippen molar-refractivity contribution in [3.63, 3.8) is 0 Å². The second-order valence-electron chi connectivity index (χ2n) is 6.77. The Hall–Kier alpha value is -0.130. The molecule has 2 rings (SSSR count). The summed E-state index contributed by atoms with van der Waals surface area (Å²) in [4.78, 5) is 0. The van der Waals surface area contributed by atoms with E-state index in [0.29, 0.717) is 0 Å². The first-order valence-electron chi connectivity index (χ1n) is 8.71. The van der Waals surface area contributed by atoms with Gasteiger partial charge in [0, 0.05) is 18.6 Å². The van der Waals surface area contributed by atoms with Crippen molar-refractivity contribution in [1.29, 1.82) is 0 Å². The summed E-state index contributed by atoms with van der Waals surface area (Å²) in [7, 11) is 2.38. The SMILES string of the molecule is CCCCCCCOCC[N+]1(C)CCc2ccccc2C1.[I-]. The minimum absolute atomic E-state index is 0. The smallest absolute Gasteiger partial charge is 0.105 e. The molecule has 1 aliphatic rings. The third kappa shape index (κ3) is 6.55. The molecule has 1 aliphatic heterocycles. The van der Waals surface area contributed by atoms with Gasteiger partial charge in [-0.25, -0.2) is 0 Å². The highest BCUT2D eigenvalue weighted by molar-refractivity contribution is 5.27. The van der Waals surface area contributed by atoms with Crippen LogP contribution in [0.5, 0.6) is 0 Å². The number of hydrogen-bond donors (Lipinski definition) is 0. The van der Waals surface area contributed by atoms with Crippen LogP contribution in [0.4, 0.5) is 0 Å². The van der Waals surface area contributed by atoms with Gasteiger partial charge in [0.2, 0.25) is 0 Å². The van der Waals surface area contributed by atoms with E-state index in [1.807, 2.05) is 0 Å². The fourth-order valence-electron chi connectivity index (χ4n) is 3.22. The van der Waals surface area contributed by atoms with E-state index in [4.69, 9.17) is 4.74 Å². The number of ether oxygens (including phenoxy) is 1. The molecule has 0 radical (unpaired) electrons. The molecule has 0 aliphatic carbocycles. The van der Waals surface area contributed by atoms with E-state index in [9.17, 15) is 0 Å². The molecule has 2 nitrogen and oxygen atoms in total. The lowest BCUT2D eigenvalue weighted by Crippen LogP contribution is -3.00. The summed E-state index contributed by atoms with van der Waals surface area (Å²) in [5, 5.41) is 0. The Morgan fingerprint density at radius 1 is 1.00 bits per heavy atom. The van der Waals surface area contributed by atoms with Crippen LogP contribution in [0.15, 0.2) is 24.3 Å². The molecule has 0 spiro atoms. The Kier molecular flexibility index (Phi) is 9.60. The summed E-state index contributed by atoms with van der Waals surface area (Å²) in [6, 6.07) is 8.91. The van der Waals surface area contributed by atoms with E-state index in [2.05, 4.69) is 38.2 Å². The van der Waals surface area contributed by atoms with Gasteiger partial charge in [0.1, 0.15) is 13.1 Å². The summed E-state index contributed by atoms with van der Waals surface area (Å²) in [6.07, 6.45) is 7.82. The predicted molar refractivity (Wildman–Crippen MR) is 89.3 cm³/mol. The summed E-state index contributed by atoms with van der Waals surface area (Å²) >= 11 is 0. The molecule has 22 heavy (non-hydrogen) atoms. The second kappa shape index (κ2) is 10.6. The van der Waals surface area contributed by atoms with Crippen LogP contribution in [0, 0.1) is 0 Å². The molecule has 0 saturated heterocycles. The summed E-state index contributed by atoms with van der Waals surface area (Å²) in [5.74, 6) is 0. The molecule has 0 aromatic heterocycles. The largest absolute Gasteiger partial charge is 1.00 e. The number of benzene rings is 1. The number of quaternary nitrogens is 1. The molecule has 126 valence electrons. The fourth-order valence-corrected chi connectivity index (χ4v) is 3.22. The molecular weight excluding hydrogens is 385 g/mol. The van der Waals surface area contributed by atoms with Crippen LogP contribution in [0.2, 0.25) is 0 Å². The van der Waals surface area contributed by atoms with Crippen LogP contribution >= 0.6 is 0 Å². The van der Waals surface area contributed by atoms with Gasteiger partial charge in [-0.1, -0.05) is 56.9 Å². The molecular formula is C19H32INO. The first kappa shape index (κ1) is 19.9. The van der Waals surface area contributed by atoms with Crippen molar-refractivity contribution in [3.05, 3.63) is 35.4 Å². The van der Waals surface area contributed by atoms with E-state index in [0.717, 1.165) is 30.8 Å². The standard InChI is InChI=1S/C19H32NO.HI/c1-3-4-5-6-9-15-21-16-14-20(2)13-12-18-10-7-8-11-19(18)17-20;/h7-8,10-11H,3-6,9,12-17H2,1-2H3;1H/q+1;/p-1. The predicted octanol–water partition coefficient (Wildman–Crippen LogP) is 1.18. The zero-order valence-electron chi connectivity index (χ0n) is 14.3. The van der Waals surface area contributed by atoms with Crippen LogP contribution in [0.1, 0.15) is 50.2 Å². The van der Waals surface area contributed by atoms with E-state index >= 15 is 0 Å². The Bertz CT molecular complexity index is 424. The molecule has 0 bridgehead atoms. The molecule has 0 saturated carbocycles. The first-order chi connectivity index (χ1) is 10.2. The number of likely N-dealkylation sites (N-methyl/N-ethyl adjacent to an activating group) is 1. The van der Waals surface area contributed by atoms with Crippen LogP contribution in [0.3, 0.4) is 0 Å². The number of rotatable bonds is 9. The van der Waals surface area contributed by atoms with Gasteiger partial charge in [0.15, 0.2) is 0 Å². The Labute approximate surface area is 153 Å². The monoisotopic (exact) mass is 417 g/mol. The van der Waals surface area contributed by atoms with E-state index in [1.165, 1.54) is 50.6 Å². The van der Waals surface area contributed by atoms with Crippen molar-refractivity contribution < 1.29 is 33.2 Å². The Morgan fingerprint density at radius 2 is 1.73 bits per heavy atom. The van der Waals surface area contributed by atoms with Crippen LogP contribution in [-0.4, -0.2) is 37.8 Å². The number of halogens is 1. The van der Waals surface area contributed by atoms with Gasteiger partial charge in [-0.3, -0.25) is 0 Å². The number of unbranched alkanes of at least 4 members (excludes halogenated alkanes) is 4. The third-order valence-corrected chi connectivity index (χ3v) is 4.76. The topological polar surface area (TPSA) is 9.23 Å². The van der Waals surface area contributed by atoms with Gasteiger partial charge in [-0.05, 0) is 12.0 Å². The van der Waals surface area contributed by atoms with Gasteiger partial charge in [-0.15, -0.1) is 0 Å². The van der Waals surface area contributed by atoms with Gasteiger partial charge < -0.3 is 33.2 Å². The average molecular weight is 417 g/mol. The summed E-state index contributed by atoms with van der Waals surface area (Å²) in [5.41, 5.74) is 3.08. The van der Waals surface area contributed by atoms with Crippen LogP contribution in [-0.2, 0) is 17.7 Å². The van der Waals surface area contributed by atoms with Gasteiger partial charge in [0.25, 0.3) is 0 Å². The summed E-state index contributed by atoms with van der Waals surface area (Å²) in [6.45, 7) is 7.67. The third-order valence-electron chi connectivity index (χ3n) is 4.76. The molecule has 1 atom stereocenters. The summed E-state index contributed by atoms with van der Waals surface area (Å²) < 4.78 is 6.99. The lowest BCUT2D eigenvalue weighted by Gasteiger charge is -2.38. The molecule has 1 aromatic rings. The highest BCUT2D eigenvalue weighted by Gasteiger charge is 2.27. The molecule has 3 heteroatoms.